The number of hydrogen-bond acceptors (Lipinski definition) is 5. The molecule has 0 atom stereocenters. The van der Waals surface area contributed by atoms with Crippen molar-refractivity contribution in [1.82, 2.24) is 4.98 Å². The highest BCUT2D eigenvalue weighted by Crippen LogP contribution is 2.29. The Bertz CT molecular complexity index is 735. The Kier molecular flexibility index (Phi) is 3.81. The molecule has 6 nitrogen and oxygen atoms in total. The van der Waals surface area contributed by atoms with E-state index in [1.165, 1.54) is 11.3 Å². The van der Waals surface area contributed by atoms with Gasteiger partial charge in [-0.2, -0.15) is 0 Å². The molecule has 1 aromatic heterocycles. The lowest BCUT2D eigenvalue weighted by molar-refractivity contribution is -0.116. The third-order valence-corrected chi connectivity index (χ3v) is 4.34. The predicted octanol–water partition coefficient (Wildman–Crippen LogP) is 2.73. The number of carbonyl (C=O) groups is 2. The number of anilines is 2. The van der Waals surface area contributed by atoms with Crippen LogP contribution < -0.4 is 15.4 Å². The number of benzene rings is 1. The Morgan fingerprint density at radius 3 is 2.95 bits per heavy atom. The maximum Gasteiger partial charge on any atom is 0.257 e. The Morgan fingerprint density at radius 1 is 1.41 bits per heavy atom. The number of ether oxygens (including phenoxy) is 1. The summed E-state index contributed by atoms with van der Waals surface area (Å²) in [4.78, 5) is 29.2. The molecule has 2 aromatic rings. The number of nitrogens with zero attached hydrogens (tertiary/aromatic N) is 1. The second kappa shape index (κ2) is 5.76. The maximum atomic E-state index is 12.3. The van der Waals surface area contributed by atoms with Crippen molar-refractivity contribution >= 4 is 34.0 Å². The molecule has 0 unspecified atom stereocenters. The molecule has 1 aliphatic heterocycles. The van der Waals surface area contributed by atoms with E-state index < -0.39 is 0 Å². The van der Waals surface area contributed by atoms with Crippen LogP contribution in [0.3, 0.4) is 0 Å². The van der Waals surface area contributed by atoms with Gasteiger partial charge in [-0.25, -0.2) is 4.98 Å². The second-order valence-electron chi connectivity index (χ2n) is 4.97. The number of aromatic nitrogens is 1. The summed E-state index contributed by atoms with van der Waals surface area (Å²) < 4.78 is 5.47. The molecule has 7 heteroatoms. The molecular weight excluding hydrogens is 302 g/mol. The highest BCUT2D eigenvalue weighted by Gasteiger charge is 2.17. The summed E-state index contributed by atoms with van der Waals surface area (Å²) in [5, 5.41) is 6.07. The number of amides is 2. The fraction of sp³-hybridized carbons (Fsp3) is 0.267. The molecule has 2 heterocycles. The first-order chi connectivity index (χ1) is 10.5. The zero-order valence-electron chi connectivity index (χ0n) is 12.2. The molecule has 0 radical (unpaired) electrons. The average molecular weight is 317 g/mol. The van der Waals surface area contributed by atoms with Crippen molar-refractivity contribution in [2.75, 3.05) is 17.2 Å². The highest BCUT2D eigenvalue weighted by atomic mass is 32.1. The molecule has 0 spiro atoms. The van der Waals surface area contributed by atoms with E-state index in [-0.39, 0.29) is 11.8 Å². The van der Waals surface area contributed by atoms with Gasteiger partial charge < -0.3 is 10.1 Å². The molecule has 22 heavy (non-hydrogen) atoms. The lowest BCUT2D eigenvalue weighted by Gasteiger charge is -2.09. The summed E-state index contributed by atoms with van der Waals surface area (Å²) in [5.74, 6) is 0.181. The maximum absolute atomic E-state index is 12.3. The first kappa shape index (κ1) is 14.5. The largest absolute Gasteiger partial charge is 0.491 e. The molecule has 2 N–H and O–H groups in total. The molecule has 3 rings (SSSR count). The van der Waals surface area contributed by atoms with Crippen LogP contribution in [-0.4, -0.2) is 23.4 Å². The number of carbonyl (C=O) groups excluding carboxylic acids is 2. The van der Waals surface area contributed by atoms with E-state index >= 15 is 0 Å². The lowest BCUT2D eigenvalue weighted by Crippen LogP contribution is -2.13. The second-order valence-corrected chi connectivity index (χ2v) is 6.18. The number of nitrogens with one attached hydrogen (secondary N) is 2. The van der Waals surface area contributed by atoms with Crippen LogP contribution in [0.5, 0.6) is 5.75 Å². The SMILES string of the molecule is Cc1nc(NC(=O)c2ccc3c(c2)NC(=O)CCO3)sc1C. The number of rotatable bonds is 2. The smallest absolute Gasteiger partial charge is 0.257 e. The molecule has 2 amide bonds. The van der Waals surface area contributed by atoms with Gasteiger partial charge in [0.15, 0.2) is 5.13 Å². The molecule has 1 aliphatic rings. The fourth-order valence-electron chi connectivity index (χ4n) is 2.06. The monoisotopic (exact) mass is 317 g/mol. The topological polar surface area (TPSA) is 80.3 Å². The van der Waals surface area contributed by atoms with Gasteiger partial charge in [-0.1, -0.05) is 0 Å². The van der Waals surface area contributed by atoms with Gasteiger partial charge in [-0.05, 0) is 32.0 Å². The van der Waals surface area contributed by atoms with E-state index in [1.54, 1.807) is 18.2 Å². The van der Waals surface area contributed by atoms with Gasteiger partial charge >= 0.3 is 0 Å². The first-order valence-corrected chi connectivity index (χ1v) is 7.66. The van der Waals surface area contributed by atoms with Crippen molar-refractivity contribution in [1.29, 1.82) is 0 Å². The van der Waals surface area contributed by atoms with Gasteiger partial charge in [0.25, 0.3) is 5.91 Å². The molecule has 0 saturated heterocycles. The molecule has 114 valence electrons. The first-order valence-electron chi connectivity index (χ1n) is 6.85. The number of hydrogen-bond donors (Lipinski definition) is 2. The van der Waals surface area contributed by atoms with E-state index in [1.807, 2.05) is 13.8 Å². The summed E-state index contributed by atoms with van der Waals surface area (Å²) in [7, 11) is 0. The lowest BCUT2D eigenvalue weighted by atomic mass is 10.1. The van der Waals surface area contributed by atoms with Crippen molar-refractivity contribution in [3.05, 3.63) is 34.3 Å². The third-order valence-electron chi connectivity index (χ3n) is 3.35. The Morgan fingerprint density at radius 2 is 2.23 bits per heavy atom. The summed E-state index contributed by atoms with van der Waals surface area (Å²) in [6.45, 7) is 4.19. The van der Waals surface area contributed by atoms with Gasteiger partial charge in [0.1, 0.15) is 5.75 Å². The van der Waals surface area contributed by atoms with Gasteiger partial charge in [0.2, 0.25) is 5.91 Å². The molecular formula is C15H15N3O3S. The molecule has 0 aliphatic carbocycles. The fourth-order valence-corrected chi connectivity index (χ4v) is 2.87. The van der Waals surface area contributed by atoms with Crippen LogP contribution in [0.4, 0.5) is 10.8 Å². The van der Waals surface area contributed by atoms with Gasteiger partial charge in [0, 0.05) is 10.4 Å². The van der Waals surface area contributed by atoms with Crippen molar-refractivity contribution < 1.29 is 14.3 Å². The minimum atomic E-state index is -0.268. The summed E-state index contributed by atoms with van der Waals surface area (Å²) in [6.07, 6.45) is 0.299. The molecule has 0 bridgehead atoms. The minimum Gasteiger partial charge on any atom is -0.491 e. The normalized spacial score (nSPS) is 13.6. The molecule has 0 saturated carbocycles. The van der Waals surface area contributed by atoms with Crippen molar-refractivity contribution in [2.24, 2.45) is 0 Å². The average Bonchev–Trinajstić information content (AvgIpc) is 2.68. The standard InChI is InChI=1S/C15H15N3O3S/c1-8-9(2)22-15(16-8)18-14(20)10-3-4-12-11(7-10)17-13(19)5-6-21-12/h3-4,7H,5-6H2,1-2H3,(H,17,19)(H,16,18,20). The van der Waals surface area contributed by atoms with Crippen LogP contribution in [0, 0.1) is 13.8 Å². The summed E-state index contributed by atoms with van der Waals surface area (Å²) in [6, 6.07) is 4.97. The van der Waals surface area contributed by atoms with Crippen LogP contribution >= 0.6 is 11.3 Å². The van der Waals surface area contributed by atoms with Crippen LogP contribution in [-0.2, 0) is 4.79 Å². The Hall–Kier alpha value is -2.41. The van der Waals surface area contributed by atoms with Gasteiger partial charge in [-0.15, -0.1) is 11.3 Å². The van der Waals surface area contributed by atoms with E-state index in [9.17, 15) is 9.59 Å². The summed E-state index contributed by atoms with van der Waals surface area (Å²) >= 11 is 1.43. The molecule has 0 fully saturated rings. The zero-order valence-corrected chi connectivity index (χ0v) is 13.0. The molecule has 1 aromatic carbocycles. The third kappa shape index (κ3) is 2.94. The van der Waals surface area contributed by atoms with Crippen LogP contribution in [0.2, 0.25) is 0 Å². The Balaban J connectivity index is 1.82. The quantitative estimate of drug-likeness (QED) is 0.892. The summed E-state index contributed by atoms with van der Waals surface area (Å²) in [5.41, 5.74) is 1.86. The van der Waals surface area contributed by atoms with Crippen LogP contribution in [0.15, 0.2) is 18.2 Å². The number of thiazole rings is 1. The predicted molar refractivity (Wildman–Crippen MR) is 84.7 cm³/mol. The number of fused-ring (bicyclic) bond motifs is 1. The van der Waals surface area contributed by atoms with Gasteiger partial charge in [0.05, 0.1) is 24.4 Å². The van der Waals surface area contributed by atoms with Crippen molar-refractivity contribution in [2.45, 2.75) is 20.3 Å². The van der Waals surface area contributed by atoms with Crippen LogP contribution in [0.1, 0.15) is 27.3 Å². The van der Waals surface area contributed by atoms with Gasteiger partial charge in [-0.3, -0.25) is 14.9 Å². The van der Waals surface area contributed by atoms with Crippen LogP contribution in [0.25, 0.3) is 0 Å². The highest BCUT2D eigenvalue weighted by molar-refractivity contribution is 7.15. The zero-order chi connectivity index (χ0) is 15.7. The Labute approximate surface area is 131 Å². The van der Waals surface area contributed by atoms with E-state index in [4.69, 9.17) is 4.74 Å². The minimum absolute atomic E-state index is 0.123. The van der Waals surface area contributed by atoms with E-state index in [2.05, 4.69) is 15.6 Å². The van der Waals surface area contributed by atoms with E-state index in [0.29, 0.717) is 35.2 Å². The van der Waals surface area contributed by atoms with E-state index in [0.717, 1.165) is 10.6 Å². The number of aryl methyl sites for hydroxylation is 2. The van der Waals surface area contributed by atoms with Crippen molar-refractivity contribution in [3.8, 4) is 5.75 Å². The van der Waals surface area contributed by atoms with Crippen molar-refractivity contribution in [3.63, 3.8) is 0 Å².